The fraction of sp³-hybridized carbons (Fsp3) is 0.217. The molecule has 5 nitrogen and oxygen atoms in total. The van der Waals surface area contributed by atoms with Crippen molar-refractivity contribution in [2.75, 3.05) is 11.9 Å². The second-order valence-corrected chi connectivity index (χ2v) is 6.98. The van der Waals surface area contributed by atoms with Crippen molar-refractivity contribution < 1.29 is 9.53 Å². The Labute approximate surface area is 163 Å². The predicted molar refractivity (Wildman–Crippen MR) is 109 cm³/mol. The summed E-state index contributed by atoms with van der Waals surface area (Å²) >= 11 is 0. The number of fused-ring (bicyclic) bond motifs is 1. The topological polar surface area (TPSA) is 60.3 Å². The number of hydrogen-bond acceptors (Lipinski definition) is 3. The SMILES string of the molecule is O=C(COc1ccc2c(c1)CCC2)Nc1ccc(Cn2ccccc2=O)cc1. The average Bonchev–Trinajstić information content (AvgIpc) is 3.17. The molecular weight excluding hydrogens is 352 g/mol. The number of carbonyl (C=O) groups excluding carboxylic acids is 1. The third-order valence-corrected chi connectivity index (χ3v) is 4.93. The average molecular weight is 374 g/mol. The summed E-state index contributed by atoms with van der Waals surface area (Å²) in [4.78, 5) is 23.9. The van der Waals surface area contributed by atoms with E-state index in [4.69, 9.17) is 4.74 Å². The van der Waals surface area contributed by atoms with Crippen LogP contribution < -0.4 is 15.6 Å². The van der Waals surface area contributed by atoms with Gasteiger partial charge in [-0.3, -0.25) is 9.59 Å². The third kappa shape index (κ3) is 4.31. The zero-order valence-corrected chi connectivity index (χ0v) is 15.6. The number of nitrogens with one attached hydrogen (secondary N) is 1. The van der Waals surface area contributed by atoms with Crippen LogP contribution in [0.25, 0.3) is 0 Å². The molecule has 28 heavy (non-hydrogen) atoms. The molecule has 0 aliphatic heterocycles. The highest BCUT2D eigenvalue weighted by molar-refractivity contribution is 5.91. The Hall–Kier alpha value is -3.34. The van der Waals surface area contributed by atoms with E-state index >= 15 is 0 Å². The number of aromatic nitrogens is 1. The van der Waals surface area contributed by atoms with E-state index in [1.165, 1.54) is 23.6 Å². The van der Waals surface area contributed by atoms with Gasteiger partial charge in [-0.05, 0) is 66.3 Å². The Morgan fingerprint density at radius 1 is 1.00 bits per heavy atom. The Bertz CT molecular complexity index is 1040. The summed E-state index contributed by atoms with van der Waals surface area (Å²) in [5.74, 6) is 0.534. The van der Waals surface area contributed by atoms with E-state index in [1.807, 2.05) is 42.5 Å². The normalized spacial score (nSPS) is 12.4. The second-order valence-electron chi connectivity index (χ2n) is 6.98. The standard InChI is InChI=1S/C23H22N2O3/c26-22(16-28-21-12-9-18-4-3-5-19(18)14-21)24-20-10-7-17(8-11-20)15-25-13-2-1-6-23(25)27/h1-2,6-14H,3-5,15-16H2,(H,24,26). The van der Waals surface area contributed by atoms with Gasteiger partial charge in [-0.2, -0.15) is 0 Å². The summed E-state index contributed by atoms with van der Waals surface area (Å²) in [5, 5.41) is 2.83. The lowest BCUT2D eigenvalue weighted by atomic mass is 10.1. The molecule has 2 aromatic carbocycles. The molecule has 0 fully saturated rings. The molecule has 0 saturated heterocycles. The van der Waals surface area contributed by atoms with Gasteiger partial charge >= 0.3 is 0 Å². The van der Waals surface area contributed by atoms with Crippen LogP contribution in [0.15, 0.2) is 71.7 Å². The molecule has 1 aliphatic carbocycles. The first-order valence-electron chi connectivity index (χ1n) is 9.46. The molecule has 0 unspecified atom stereocenters. The third-order valence-electron chi connectivity index (χ3n) is 4.93. The summed E-state index contributed by atoms with van der Waals surface area (Å²) in [6.07, 6.45) is 5.16. The van der Waals surface area contributed by atoms with Crippen LogP contribution in [0.3, 0.4) is 0 Å². The molecule has 0 saturated carbocycles. The van der Waals surface area contributed by atoms with Gasteiger partial charge in [0.15, 0.2) is 6.61 Å². The Morgan fingerprint density at radius 3 is 2.64 bits per heavy atom. The van der Waals surface area contributed by atoms with E-state index in [1.54, 1.807) is 16.8 Å². The first-order valence-corrected chi connectivity index (χ1v) is 9.46. The number of pyridine rings is 1. The number of hydrogen-bond donors (Lipinski definition) is 1. The van der Waals surface area contributed by atoms with Gasteiger partial charge in [0.05, 0.1) is 6.54 Å². The summed E-state index contributed by atoms with van der Waals surface area (Å²) in [7, 11) is 0. The molecule has 1 N–H and O–H groups in total. The highest BCUT2D eigenvalue weighted by Gasteiger charge is 2.12. The smallest absolute Gasteiger partial charge is 0.262 e. The molecule has 1 amide bonds. The lowest BCUT2D eigenvalue weighted by Crippen LogP contribution is -2.20. The molecule has 0 bridgehead atoms. The predicted octanol–water partition coefficient (Wildman–Crippen LogP) is 3.40. The summed E-state index contributed by atoms with van der Waals surface area (Å²) in [5.41, 5.74) is 4.36. The summed E-state index contributed by atoms with van der Waals surface area (Å²) in [6, 6.07) is 18.6. The van der Waals surface area contributed by atoms with Crippen LogP contribution in [0.2, 0.25) is 0 Å². The Kier molecular flexibility index (Phi) is 5.24. The number of nitrogens with zero attached hydrogens (tertiary/aromatic N) is 1. The van der Waals surface area contributed by atoms with E-state index in [0.717, 1.165) is 24.2 Å². The van der Waals surface area contributed by atoms with Crippen LogP contribution in [-0.4, -0.2) is 17.1 Å². The van der Waals surface area contributed by atoms with Crippen molar-refractivity contribution in [3.8, 4) is 5.75 Å². The minimum absolute atomic E-state index is 0.0278. The minimum atomic E-state index is -0.201. The van der Waals surface area contributed by atoms with Crippen LogP contribution in [-0.2, 0) is 24.2 Å². The maximum atomic E-state index is 12.2. The lowest BCUT2D eigenvalue weighted by molar-refractivity contribution is -0.118. The maximum Gasteiger partial charge on any atom is 0.262 e. The van der Waals surface area contributed by atoms with Crippen molar-refractivity contribution in [1.82, 2.24) is 4.57 Å². The van der Waals surface area contributed by atoms with Crippen molar-refractivity contribution >= 4 is 11.6 Å². The van der Waals surface area contributed by atoms with Gasteiger partial charge in [0.2, 0.25) is 0 Å². The highest BCUT2D eigenvalue weighted by Crippen LogP contribution is 2.26. The fourth-order valence-corrected chi connectivity index (χ4v) is 3.47. The van der Waals surface area contributed by atoms with Crippen molar-refractivity contribution in [3.63, 3.8) is 0 Å². The number of aryl methyl sites for hydroxylation is 2. The highest BCUT2D eigenvalue weighted by atomic mass is 16.5. The van der Waals surface area contributed by atoms with Crippen LogP contribution in [0.5, 0.6) is 5.75 Å². The zero-order chi connectivity index (χ0) is 19.3. The molecule has 0 atom stereocenters. The van der Waals surface area contributed by atoms with Gasteiger partial charge in [0, 0.05) is 18.0 Å². The van der Waals surface area contributed by atoms with Gasteiger partial charge in [-0.25, -0.2) is 0 Å². The number of ether oxygens (including phenoxy) is 1. The Morgan fingerprint density at radius 2 is 1.82 bits per heavy atom. The lowest BCUT2D eigenvalue weighted by Gasteiger charge is -2.10. The van der Waals surface area contributed by atoms with Gasteiger partial charge in [-0.1, -0.05) is 24.3 Å². The molecule has 1 aliphatic rings. The monoisotopic (exact) mass is 374 g/mol. The van der Waals surface area contributed by atoms with E-state index in [-0.39, 0.29) is 18.1 Å². The number of carbonyl (C=O) groups is 1. The first kappa shape index (κ1) is 18.0. The van der Waals surface area contributed by atoms with Crippen LogP contribution in [0.4, 0.5) is 5.69 Å². The number of rotatable bonds is 6. The zero-order valence-electron chi connectivity index (χ0n) is 15.6. The molecular formula is C23H22N2O3. The molecule has 1 heterocycles. The van der Waals surface area contributed by atoms with Crippen molar-refractivity contribution in [2.45, 2.75) is 25.8 Å². The van der Waals surface area contributed by atoms with E-state index in [9.17, 15) is 9.59 Å². The second kappa shape index (κ2) is 8.13. The van der Waals surface area contributed by atoms with Crippen LogP contribution in [0, 0.1) is 0 Å². The van der Waals surface area contributed by atoms with Gasteiger partial charge < -0.3 is 14.6 Å². The fourth-order valence-electron chi connectivity index (χ4n) is 3.47. The summed E-state index contributed by atoms with van der Waals surface area (Å²) in [6.45, 7) is 0.468. The molecule has 142 valence electrons. The number of anilines is 1. The molecule has 4 rings (SSSR count). The van der Waals surface area contributed by atoms with Gasteiger partial charge in [0.1, 0.15) is 5.75 Å². The molecule has 3 aromatic rings. The molecule has 1 aromatic heterocycles. The maximum absolute atomic E-state index is 12.2. The number of benzene rings is 2. The Balaban J connectivity index is 1.31. The first-order chi connectivity index (χ1) is 13.7. The summed E-state index contributed by atoms with van der Waals surface area (Å²) < 4.78 is 7.27. The number of amides is 1. The quantitative estimate of drug-likeness (QED) is 0.719. The van der Waals surface area contributed by atoms with Crippen molar-refractivity contribution in [3.05, 3.63) is 93.9 Å². The van der Waals surface area contributed by atoms with E-state index in [0.29, 0.717) is 12.2 Å². The van der Waals surface area contributed by atoms with Crippen LogP contribution >= 0.6 is 0 Å². The molecule has 0 radical (unpaired) electrons. The minimum Gasteiger partial charge on any atom is -0.484 e. The largest absolute Gasteiger partial charge is 0.484 e. The van der Waals surface area contributed by atoms with Crippen LogP contribution in [0.1, 0.15) is 23.1 Å². The van der Waals surface area contributed by atoms with Crippen molar-refractivity contribution in [1.29, 1.82) is 0 Å². The van der Waals surface area contributed by atoms with E-state index < -0.39 is 0 Å². The van der Waals surface area contributed by atoms with Crippen molar-refractivity contribution in [2.24, 2.45) is 0 Å². The molecule has 0 spiro atoms. The van der Waals surface area contributed by atoms with E-state index in [2.05, 4.69) is 11.4 Å². The molecule has 5 heteroatoms. The van der Waals surface area contributed by atoms with Gasteiger partial charge in [-0.15, -0.1) is 0 Å². The van der Waals surface area contributed by atoms with Gasteiger partial charge in [0.25, 0.3) is 11.5 Å².